The monoisotopic (exact) mass is 351 g/mol. The van der Waals surface area contributed by atoms with Crippen LogP contribution in [0.2, 0.25) is 0 Å². The van der Waals surface area contributed by atoms with Crippen molar-refractivity contribution in [2.45, 2.75) is 19.9 Å². The second-order valence-corrected chi connectivity index (χ2v) is 5.81. The van der Waals surface area contributed by atoms with Gasteiger partial charge in [-0.2, -0.15) is 4.98 Å². The van der Waals surface area contributed by atoms with E-state index in [0.717, 1.165) is 16.9 Å². The van der Waals surface area contributed by atoms with Crippen LogP contribution in [-0.2, 0) is 13.0 Å². The summed E-state index contributed by atoms with van der Waals surface area (Å²) in [6.45, 7) is 3.02. The molecule has 0 radical (unpaired) electrons. The Hall–Kier alpha value is -3.28. The van der Waals surface area contributed by atoms with Gasteiger partial charge in [0.15, 0.2) is 0 Å². The first kappa shape index (κ1) is 17.5. The van der Waals surface area contributed by atoms with Gasteiger partial charge >= 0.3 is 0 Å². The lowest BCUT2D eigenvalue weighted by Crippen LogP contribution is -2.17. The fourth-order valence-corrected chi connectivity index (χ4v) is 2.58. The van der Waals surface area contributed by atoms with Crippen LogP contribution in [0.5, 0.6) is 11.6 Å². The average molecular weight is 351 g/mol. The Bertz CT molecular complexity index is 906. The summed E-state index contributed by atoms with van der Waals surface area (Å²) < 4.78 is 5.40. The minimum absolute atomic E-state index is 0.236. The summed E-state index contributed by atoms with van der Waals surface area (Å²) >= 11 is 0. The van der Waals surface area contributed by atoms with Crippen molar-refractivity contribution in [3.8, 4) is 11.6 Å². The lowest BCUT2D eigenvalue weighted by Gasteiger charge is -2.09. The molecule has 0 spiro atoms. The lowest BCUT2D eigenvalue weighted by molar-refractivity contribution is 0.340. The van der Waals surface area contributed by atoms with E-state index in [1.54, 1.807) is 0 Å². The van der Waals surface area contributed by atoms with E-state index in [1.165, 1.54) is 0 Å². The Morgan fingerprint density at radius 3 is 2.46 bits per heavy atom. The topological polar surface area (TPSA) is 87.2 Å². The summed E-state index contributed by atoms with van der Waals surface area (Å²) in [7, 11) is 0. The van der Waals surface area contributed by atoms with Gasteiger partial charge in [0.2, 0.25) is 11.8 Å². The Balaban J connectivity index is 1.71. The third-order valence-electron chi connectivity index (χ3n) is 3.91. The van der Waals surface area contributed by atoms with Gasteiger partial charge in [-0.15, -0.1) is 0 Å². The molecule has 0 aliphatic carbocycles. The highest BCUT2D eigenvalue weighted by Gasteiger charge is 2.11. The number of hydrogen-bond donors (Lipinski definition) is 3. The smallest absolute Gasteiger partial charge is 0.259 e. The van der Waals surface area contributed by atoms with Gasteiger partial charge in [-0.3, -0.25) is 9.78 Å². The maximum Gasteiger partial charge on any atom is 0.259 e. The van der Waals surface area contributed by atoms with E-state index in [2.05, 4.69) is 15.3 Å². The van der Waals surface area contributed by atoms with Crippen molar-refractivity contribution in [2.24, 2.45) is 0 Å². The molecule has 2 aromatic carbocycles. The van der Waals surface area contributed by atoms with Gasteiger partial charge in [-0.25, -0.2) is 0 Å². The Kier molecular flexibility index (Phi) is 5.53. The van der Waals surface area contributed by atoms with Crippen LogP contribution >= 0.6 is 0 Å². The van der Waals surface area contributed by atoms with E-state index in [-0.39, 0.29) is 23.0 Å². The van der Waals surface area contributed by atoms with Crippen LogP contribution in [0.15, 0.2) is 59.4 Å². The number of H-pyrrole nitrogens is 1. The predicted molar refractivity (Wildman–Crippen MR) is 101 cm³/mol. The first-order valence-corrected chi connectivity index (χ1v) is 8.47. The van der Waals surface area contributed by atoms with Gasteiger partial charge < -0.3 is 15.2 Å². The summed E-state index contributed by atoms with van der Waals surface area (Å²) in [6, 6.07) is 17.1. The molecule has 3 rings (SSSR count). The van der Waals surface area contributed by atoms with Crippen LogP contribution in [0, 0.1) is 0 Å². The van der Waals surface area contributed by atoms with Crippen molar-refractivity contribution in [2.75, 3.05) is 11.9 Å². The van der Waals surface area contributed by atoms with Gasteiger partial charge in [-0.05, 0) is 30.2 Å². The number of aromatic nitrogens is 2. The zero-order valence-corrected chi connectivity index (χ0v) is 14.5. The molecule has 0 aliphatic rings. The maximum atomic E-state index is 12.3. The van der Waals surface area contributed by atoms with Crippen LogP contribution < -0.4 is 15.6 Å². The minimum atomic E-state index is -0.359. The van der Waals surface area contributed by atoms with Crippen molar-refractivity contribution in [1.82, 2.24) is 9.97 Å². The number of nitrogens with one attached hydrogen (secondary N) is 2. The number of nitrogens with zero attached hydrogens (tertiary/aromatic N) is 1. The van der Waals surface area contributed by atoms with E-state index >= 15 is 0 Å². The third kappa shape index (κ3) is 4.42. The molecule has 0 amide bonds. The fraction of sp³-hybridized carbons (Fsp3) is 0.200. The van der Waals surface area contributed by atoms with Crippen LogP contribution in [-0.4, -0.2) is 21.7 Å². The molecule has 6 nitrogen and oxygen atoms in total. The number of aromatic hydroxyl groups is 1. The van der Waals surface area contributed by atoms with Crippen molar-refractivity contribution in [3.05, 3.63) is 81.6 Å². The SMILES string of the molecule is CCOc1ccc(Cc2c(O)nc(NCc3ccccc3)[nH]c2=O)cc1. The molecule has 134 valence electrons. The van der Waals surface area contributed by atoms with Crippen molar-refractivity contribution in [3.63, 3.8) is 0 Å². The summed E-state index contributed by atoms with van der Waals surface area (Å²) in [5.41, 5.74) is 1.82. The van der Waals surface area contributed by atoms with E-state index in [0.29, 0.717) is 19.6 Å². The normalized spacial score (nSPS) is 10.5. The van der Waals surface area contributed by atoms with Crippen LogP contribution in [0.1, 0.15) is 23.6 Å². The molecule has 0 aliphatic heterocycles. The number of aromatic amines is 1. The second-order valence-electron chi connectivity index (χ2n) is 5.81. The zero-order chi connectivity index (χ0) is 18.4. The molecule has 3 N–H and O–H groups in total. The van der Waals surface area contributed by atoms with Crippen molar-refractivity contribution < 1.29 is 9.84 Å². The predicted octanol–water partition coefficient (Wildman–Crippen LogP) is 3.08. The van der Waals surface area contributed by atoms with Crippen LogP contribution in [0.4, 0.5) is 5.95 Å². The lowest BCUT2D eigenvalue weighted by atomic mass is 10.1. The summed E-state index contributed by atoms with van der Waals surface area (Å²) in [5.74, 6) is 0.748. The van der Waals surface area contributed by atoms with E-state index < -0.39 is 0 Å². The van der Waals surface area contributed by atoms with E-state index in [9.17, 15) is 9.90 Å². The first-order valence-electron chi connectivity index (χ1n) is 8.47. The third-order valence-corrected chi connectivity index (χ3v) is 3.91. The number of hydrogen-bond acceptors (Lipinski definition) is 5. The highest BCUT2D eigenvalue weighted by atomic mass is 16.5. The first-order chi connectivity index (χ1) is 12.7. The molecular formula is C20H21N3O3. The summed E-state index contributed by atoms with van der Waals surface area (Å²) in [6.07, 6.45) is 0.291. The number of rotatable bonds is 7. The average Bonchev–Trinajstić information content (AvgIpc) is 2.65. The van der Waals surface area contributed by atoms with Gasteiger partial charge in [-0.1, -0.05) is 42.5 Å². The number of anilines is 1. The molecule has 0 saturated heterocycles. The highest BCUT2D eigenvalue weighted by Crippen LogP contribution is 2.18. The molecule has 0 saturated carbocycles. The van der Waals surface area contributed by atoms with E-state index in [1.807, 2.05) is 61.5 Å². The molecule has 0 atom stereocenters. The number of ether oxygens (including phenoxy) is 1. The number of benzene rings is 2. The van der Waals surface area contributed by atoms with Crippen molar-refractivity contribution in [1.29, 1.82) is 0 Å². The second kappa shape index (κ2) is 8.20. The maximum absolute atomic E-state index is 12.3. The molecule has 6 heteroatoms. The summed E-state index contributed by atoms with van der Waals surface area (Å²) in [5, 5.41) is 13.2. The standard InChI is InChI=1S/C20H21N3O3/c1-2-26-16-10-8-14(9-11-16)12-17-18(24)22-20(23-19(17)25)21-13-15-6-4-3-5-7-15/h3-11H,2,12-13H2,1H3,(H3,21,22,23,24,25). The Morgan fingerprint density at radius 1 is 1.08 bits per heavy atom. The molecule has 0 fully saturated rings. The fourth-order valence-electron chi connectivity index (χ4n) is 2.58. The molecule has 1 heterocycles. The minimum Gasteiger partial charge on any atom is -0.494 e. The molecule has 1 aromatic heterocycles. The zero-order valence-electron chi connectivity index (χ0n) is 14.5. The van der Waals surface area contributed by atoms with Gasteiger partial charge in [0.1, 0.15) is 5.75 Å². The molecule has 26 heavy (non-hydrogen) atoms. The molecule has 0 unspecified atom stereocenters. The quantitative estimate of drug-likeness (QED) is 0.609. The summed E-state index contributed by atoms with van der Waals surface area (Å²) in [4.78, 5) is 19.1. The highest BCUT2D eigenvalue weighted by molar-refractivity contribution is 5.38. The molecular weight excluding hydrogens is 330 g/mol. The van der Waals surface area contributed by atoms with Gasteiger partial charge in [0.25, 0.3) is 5.56 Å². The Labute approximate surface area is 151 Å². The van der Waals surface area contributed by atoms with Gasteiger partial charge in [0.05, 0.1) is 12.2 Å². The largest absolute Gasteiger partial charge is 0.494 e. The molecule has 0 bridgehead atoms. The van der Waals surface area contributed by atoms with Crippen LogP contribution in [0.25, 0.3) is 0 Å². The van der Waals surface area contributed by atoms with E-state index in [4.69, 9.17) is 4.74 Å². The van der Waals surface area contributed by atoms with Crippen LogP contribution in [0.3, 0.4) is 0 Å². The molecule has 3 aromatic rings. The van der Waals surface area contributed by atoms with Gasteiger partial charge in [0, 0.05) is 13.0 Å². The van der Waals surface area contributed by atoms with Crippen molar-refractivity contribution >= 4 is 5.95 Å². The Morgan fingerprint density at radius 2 is 1.81 bits per heavy atom.